The minimum absolute atomic E-state index is 0.154. The molecule has 2 aromatic carbocycles. The second kappa shape index (κ2) is 6.36. The number of fused-ring (bicyclic) bond motifs is 2. The van der Waals surface area contributed by atoms with Gasteiger partial charge in [0.05, 0.1) is 23.5 Å². The number of halogens is 1. The van der Waals surface area contributed by atoms with Gasteiger partial charge in [0.2, 0.25) is 0 Å². The molecule has 0 bridgehead atoms. The Bertz CT molecular complexity index is 1190. The van der Waals surface area contributed by atoms with Gasteiger partial charge in [-0.2, -0.15) is 13.5 Å². The number of nitrogens with zero attached hydrogens (tertiary/aromatic N) is 4. The molecular weight excluding hydrogens is 390 g/mol. The first-order valence-electron chi connectivity index (χ1n) is 7.88. The number of hydrogen-bond donors (Lipinski definition) is 1. The molecule has 0 aliphatic carbocycles. The maximum absolute atomic E-state index is 12.8. The number of ether oxygens (including phenoxy) is 1. The molecule has 1 aliphatic heterocycles. The van der Waals surface area contributed by atoms with Crippen LogP contribution in [0.2, 0.25) is 5.02 Å². The minimum atomic E-state index is -3.80. The number of para-hydroxylation sites is 1. The summed E-state index contributed by atoms with van der Waals surface area (Å²) >= 11 is 6.18. The van der Waals surface area contributed by atoms with Crippen molar-refractivity contribution in [3.05, 3.63) is 53.2 Å². The molecule has 1 aliphatic rings. The summed E-state index contributed by atoms with van der Waals surface area (Å²) in [6, 6.07) is 11.6. The predicted molar refractivity (Wildman–Crippen MR) is 101 cm³/mol. The van der Waals surface area contributed by atoms with Crippen molar-refractivity contribution in [1.82, 2.24) is 9.19 Å². The SMILES string of the molecule is COc1ccc(N=Nc2c(C)nn3c2Nc2ccccc2S3(=O)=O)c(Cl)c1. The number of hydrogen-bond acceptors (Lipinski definition) is 7. The monoisotopic (exact) mass is 403 g/mol. The number of nitrogens with one attached hydrogen (secondary N) is 1. The lowest BCUT2D eigenvalue weighted by atomic mass is 10.3. The molecule has 0 radical (unpaired) electrons. The molecule has 2 heterocycles. The molecule has 10 heteroatoms. The summed E-state index contributed by atoms with van der Waals surface area (Å²) in [5.41, 5.74) is 1.63. The van der Waals surface area contributed by atoms with Gasteiger partial charge in [-0.15, -0.1) is 14.3 Å². The van der Waals surface area contributed by atoms with E-state index in [9.17, 15) is 8.42 Å². The fourth-order valence-electron chi connectivity index (χ4n) is 2.71. The Labute approximate surface area is 160 Å². The lowest BCUT2D eigenvalue weighted by Gasteiger charge is -2.19. The Balaban J connectivity index is 1.79. The van der Waals surface area contributed by atoms with Crippen LogP contribution in [0.5, 0.6) is 5.75 Å². The molecule has 1 N–H and O–H groups in total. The van der Waals surface area contributed by atoms with Gasteiger partial charge in [0, 0.05) is 6.07 Å². The van der Waals surface area contributed by atoms with Crippen molar-refractivity contribution in [2.24, 2.45) is 10.2 Å². The largest absolute Gasteiger partial charge is 0.497 e. The Morgan fingerprint density at radius 3 is 2.70 bits per heavy atom. The standard InChI is InChI=1S/C17H14ClN5O3S/c1-10-16(21-20-13-8-7-11(26-2)9-12(13)18)17-19-14-5-3-4-6-15(14)27(24,25)23(17)22-10/h3-9,19H,1-2H3. The summed E-state index contributed by atoms with van der Waals surface area (Å²) < 4.78 is 31.7. The molecule has 0 fully saturated rings. The smallest absolute Gasteiger partial charge is 0.287 e. The van der Waals surface area contributed by atoms with Gasteiger partial charge < -0.3 is 10.1 Å². The van der Waals surface area contributed by atoms with Crippen LogP contribution in [0.1, 0.15) is 5.69 Å². The van der Waals surface area contributed by atoms with Crippen LogP contribution in [-0.4, -0.2) is 24.7 Å². The van der Waals surface area contributed by atoms with E-state index >= 15 is 0 Å². The lowest BCUT2D eigenvalue weighted by molar-refractivity contribution is 0.415. The average molecular weight is 404 g/mol. The third-order valence-electron chi connectivity index (χ3n) is 4.06. The number of rotatable bonds is 3. The Hall–Kier alpha value is -2.91. The Morgan fingerprint density at radius 2 is 1.96 bits per heavy atom. The van der Waals surface area contributed by atoms with Crippen molar-refractivity contribution < 1.29 is 13.2 Å². The van der Waals surface area contributed by atoms with Crippen molar-refractivity contribution >= 4 is 44.5 Å². The van der Waals surface area contributed by atoms with Gasteiger partial charge in [0.1, 0.15) is 16.3 Å². The van der Waals surface area contributed by atoms with Crippen molar-refractivity contribution in [1.29, 1.82) is 0 Å². The summed E-state index contributed by atoms with van der Waals surface area (Å²) in [4.78, 5) is 0.154. The average Bonchev–Trinajstić information content (AvgIpc) is 2.97. The Morgan fingerprint density at radius 1 is 1.19 bits per heavy atom. The lowest BCUT2D eigenvalue weighted by Crippen LogP contribution is -2.22. The third-order valence-corrected chi connectivity index (χ3v) is 5.99. The highest BCUT2D eigenvalue weighted by atomic mass is 35.5. The van der Waals surface area contributed by atoms with E-state index in [1.165, 1.54) is 6.07 Å². The van der Waals surface area contributed by atoms with Crippen LogP contribution in [0.25, 0.3) is 0 Å². The van der Waals surface area contributed by atoms with Crippen LogP contribution in [0.3, 0.4) is 0 Å². The maximum Gasteiger partial charge on any atom is 0.287 e. The second-order valence-corrected chi connectivity index (χ2v) is 7.91. The highest BCUT2D eigenvalue weighted by Crippen LogP contribution is 2.41. The molecule has 0 atom stereocenters. The summed E-state index contributed by atoms with van der Waals surface area (Å²) in [5, 5.41) is 15.9. The van der Waals surface area contributed by atoms with Crippen LogP contribution in [0.15, 0.2) is 57.6 Å². The molecule has 0 saturated carbocycles. The van der Waals surface area contributed by atoms with Crippen molar-refractivity contribution in [3.63, 3.8) is 0 Å². The van der Waals surface area contributed by atoms with Crippen LogP contribution < -0.4 is 10.1 Å². The normalized spacial score (nSPS) is 14.5. The van der Waals surface area contributed by atoms with Crippen LogP contribution in [0.4, 0.5) is 22.9 Å². The number of methoxy groups -OCH3 is 1. The fraction of sp³-hybridized carbons (Fsp3) is 0.118. The summed E-state index contributed by atoms with van der Waals surface area (Å²) in [6.07, 6.45) is 0. The fourth-order valence-corrected chi connectivity index (χ4v) is 4.36. The van der Waals surface area contributed by atoms with E-state index in [-0.39, 0.29) is 10.7 Å². The highest BCUT2D eigenvalue weighted by molar-refractivity contribution is 7.90. The summed E-state index contributed by atoms with van der Waals surface area (Å²) in [6.45, 7) is 1.66. The van der Waals surface area contributed by atoms with Gasteiger partial charge in [-0.25, -0.2) is 0 Å². The van der Waals surface area contributed by atoms with Crippen molar-refractivity contribution in [3.8, 4) is 5.75 Å². The first-order valence-corrected chi connectivity index (χ1v) is 9.70. The van der Waals surface area contributed by atoms with E-state index in [0.29, 0.717) is 33.5 Å². The van der Waals surface area contributed by atoms with Gasteiger partial charge in [-0.1, -0.05) is 23.7 Å². The molecular formula is C17H14ClN5O3S. The van der Waals surface area contributed by atoms with Crippen LogP contribution in [0, 0.1) is 6.92 Å². The molecule has 3 aromatic rings. The van der Waals surface area contributed by atoms with E-state index in [1.54, 1.807) is 50.4 Å². The topological polar surface area (TPSA) is 97.9 Å². The molecule has 0 spiro atoms. The van der Waals surface area contributed by atoms with Crippen LogP contribution >= 0.6 is 11.6 Å². The number of aryl methyl sites for hydroxylation is 1. The van der Waals surface area contributed by atoms with Gasteiger partial charge in [-0.05, 0) is 31.2 Å². The minimum Gasteiger partial charge on any atom is -0.497 e. The number of anilines is 2. The van der Waals surface area contributed by atoms with Gasteiger partial charge in [-0.3, -0.25) is 0 Å². The quantitative estimate of drug-likeness (QED) is 0.505. The molecule has 27 heavy (non-hydrogen) atoms. The zero-order valence-corrected chi connectivity index (χ0v) is 15.9. The molecule has 0 amide bonds. The molecule has 0 saturated heterocycles. The summed E-state index contributed by atoms with van der Waals surface area (Å²) in [7, 11) is -2.26. The van der Waals surface area contributed by atoms with Gasteiger partial charge >= 0.3 is 0 Å². The second-order valence-electron chi connectivity index (χ2n) is 5.77. The van der Waals surface area contributed by atoms with E-state index in [4.69, 9.17) is 16.3 Å². The first kappa shape index (κ1) is 17.5. The zero-order valence-electron chi connectivity index (χ0n) is 14.3. The zero-order chi connectivity index (χ0) is 19.2. The molecule has 8 nitrogen and oxygen atoms in total. The highest BCUT2D eigenvalue weighted by Gasteiger charge is 2.33. The van der Waals surface area contributed by atoms with Crippen LogP contribution in [-0.2, 0) is 10.0 Å². The number of aromatic nitrogens is 2. The maximum atomic E-state index is 12.8. The Kier molecular flexibility index (Phi) is 4.12. The predicted octanol–water partition coefficient (Wildman–Crippen LogP) is 4.56. The van der Waals surface area contributed by atoms with Gasteiger partial charge in [0.25, 0.3) is 10.0 Å². The van der Waals surface area contributed by atoms with Crippen molar-refractivity contribution in [2.45, 2.75) is 11.8 Å². The first-order chi connectivity index (χ1) is 12.9. The van der Waals surface area contributed by atoms with E-state index < -0.39 is 10.0 Å². The van der Waals surface area contributed by atoms with Gasteiger partial charge in [0.15, 0.2) is 11.5 Å². The number of benzene rings is 2. The van der Waals surface area contributed by atoms with Crippen molar-refractivity contribution in [2.75, 3.05) is 12.4 Å². The number of azo groups is 1. The molecule has 4 rings (SSSR count). The van der Waals surface area contributed by atoms with E-state index in [0.717, 1.165) is 4.09 Å². The van der Waals surface area contributed by atoms with E-state index in [2.05, 4.69) is 20.6 Å². The van der Waals surface area contributed by atoms with E-state index in [1.807, 2.05) is 0 Å². The molecule has 1 aromatic heterocycles. The summed E-state index contributed by atoms with van der Waals surface area (Å²) in [5.74, 6) is 0.835. The molecule has 138 valence electrons. The molecule has 0 unspecified atom stereocenters. The third kappa shape index (κ3) is 2.84.